The topological polar surface area (TPSA) is 27.0 Å². The molecule has 68 valence electrons. The molecular weight excluding hydrogens is 148 g/mol. The summed E-state index contributed by atoms with van der Waals surface area (Å²) in [4.78, 5) is 2.43. The maximum absolute atomic E-state index is 8.78. The fourth-order valence-corrected chi connectivity index (χ4v) is 1.71. The molecule has 0 N–H and O–H groups in total. The van der Waals surface area contributed by atoms with Crippen LogP contribution in [0.5, 0.6) is 0 Å². The highest BCUT2D eigenvalue weighted by Gasteiger charge is 2.14. The van der Waals surface area contributed by atoms with E-state index in [9.17, 15) is 0 Å². The van der Waals surface area contributed by atoms with Gasteiger partial charge >= 0.3 is 0 Å². The second-order valence-corrected chi connectivity index (χ2v) is 3.60. The van der Waals surface area contributed by atoms with Crippen LogP contribution in [0.4, 0.5) is 0 Å². The maximum atomic E-state index is 8.78. The third kappa shape index (κ3) is 2.83. The highest BCUT2D eigenvalue weighted by atomic mass is 15.1. The average Bonchev–Trinajstić information content (AvgIpc) is 2.16. The lowest BCUT2D eigenvalue weighted by molar-refractivity contribution is 0.209. The zero-order chi connectivity index (χ0) is 8.81. The summed E-state index contributed by atoms with van der Waals surface area (Å²) in [5, 5.41) is 8.78. The van der Waals surface area contributed by atoms with Crippen molar-refractivity contribution < 1.29 is 0 Å². The molecule has 0 spiro atoms. The molecule has 1 rings (SSSR count). The van der Waals surface area contributed by atoms with Crippen LogP contribution in [0.15, 0.2) is 0 Å². The lowest BCUT2D eigenvalue weighted by Crippen LogP contribution is -2.33. The molecule has 1 fully saturated rings. The van der Waals surface area contributed by atoms with Crippen LogP contribution in [0.25, 0.3) is 0 Å². The van der Waals surface area contributed by atoms with Crippen molar-refractivity contribution in [2.75, 3.05) is 19.6 Å². The molecule has 1 aliphatic rings. The molecule has 0 aliphatic carbocycles. The number of nitriles is 1. The molecule has 1 saturated heterocycles. The zero-order valence-corrected chi connectivity index (χ0v) is 7.92. The predicted molar refractivity (Wildman–Crippen MR) is 49.7 cm³/mol. The molecule has 0 saturated carbocycles. The van der Waals surface area contributed by atoms with Crippen molar-refractivity contribution in [2.24, 2.45) is 5.92 Å². The summed E-state index contributed by atoms with van der Waals surface area (Å²) in [6.45, 7) is 5.50. The molecule has 1 heterocycles. The van der Waals surface area contributed by atoms with E-state index in [1.807, 2.05) is 0 Å². The Morgan fingerprint density at radius 1 is 1.33 bits per heavy atom. The smallest absolute Gasteiger partial charge is 0.0669 e. The molecule has 1 unspecified atom stereocenters. The fraction of sp³-hybridized carbons (Fsp3) is 0.900. The van der Waals surface area contributed by atoms with Gasteiger partial charge in [-0.3, -0.25) is 0 Å². The van der Waals surface area contributed by atoms with Crippen LogP contribution in [-0.4, -0.2) is 24.5 Å². The Morgan fingerprint density at radius 3 is 2.50 bits per heavy atom. The van der Waals surface area contributed by atoms with Crippen molar-refractivity contribution in [2.45, 2.75) is 32.6 Å². The van der Waals surface area contributed by atoms with Crippen molar-refractivity contribution in [3.05, 3.63) is 0 Å². The monoisotopic (exact) mass is 166 g/mol. The van der Waals surface area contributed by atoms with E-state index in [2.05, 4.69) is 17.9 Å². The molecule has 0 radical (unpaired) electrons. The van der Waals surface area contributed by atoms with Crippen LogP contribution < -0.4 is 0 Å². The minimum atomic E-state index is 0.253. The molecule has 1 aliphatic heterocycles. The largest absolute Gasteiger partial charge is 0.302 e. The molecule has 1 atom stereocenters. The number of likely N-dealkylation sites (tertiary alicyclic amines) is 1. The Balaban J connectivity index is 2.24. The number of hydrogen-bond acceptors (Lipinski definition) is 2. The normalized spacial score (nSPS) is 21.7. The van der Waals surface area contributed by atoms with E-state index in [0.717, 1.165) is 13.0 Å². The summed E-state index contributed by atoms with van der Waals surface area (Å²) >= 11 is 0. The van der Waals surface area contributed by atoms with E-state index < -0.39 is 0 Å². The third-order valence-electron chi connectivity index (χ3n) is 2.60. The van der Waals surface area contributed by atoms with Gasteiger partial charge in [0.25, 0.3) is 0 Å². The number of rotatable bonds is 3. The van der Waals surface area contributed by atoms with Gasteiger partial charge in [0, 0.05) is 6.54 Å². The SMILES string of the molecule is CCC(C#N)CN1CCCCC1. The van der Waals surface area contributed by atoms with Crippen LogP contribution in [-0.2, 0) is 0 Å². The summed E-state index contributed by atoms with van der Waals surface area (Å²) < 4.78 is 0. The van der Waals surface area contributed by atoms with Crippen LogP contribution >= 0.6 is 0 Å². The first-order valence-corrected chi connectivity index (χ1v) is 4.98. The van der Waals surface area contributed by atoms with Gasteiger partial charge in [0.15, 0.2) is 0 Å². The van der Waals surface area contributed by atoms with Crippen LogP contribution in [0.2, 0.25) is 0 Å². The Morgan fingerprint density at radius 2 is 2.00 bits per heavy atom. The van der Waals surface area contributed by atoms with E-state index in [1.165, 1.54) is 32.4 Å². The Kier molecular flexibility index (Phi) is 4.10. The van der Waals surface area contributed by atoms with E-state index in [0.29, 0.717) is 0 Å². The molecule has 0 aromatic carbocycles. The second kappa shape index (κ2) is 5.16. The highest BCUT2D eigenvalue weighted by Crippen LogP contribution is 2.11. The van der Waals surface area contributed by atoms with Gasteiger partial charge in [0.1, 0.15) is 0 Å². The summed E-state index contributed by atoms with van der Waals surface area (Å²) in [5.41, 5.74) is 0. The minimum Gasteiger partial charge on any atom is -0.302 e. The number of piperidine rings is 1. The quantitative estimate of drug-likeness (QED) is 0.641. The van der Waals surface area contributed by atoms with E-state index in [1.54, 1.807) is 0 Å². The summed E-state index contributed by atoms with van der Waals surface area (Å²) in [5.74, 6) is 0.253. The minimum absolute atomic E-state index is 0.253. The van der Waals surface area contributed by atoms with Crippen LogP contribution in [0.3, 0.4) is 0 Å². The second-order valence-electron chi connectivity index (χ2n) is 3.60. The van der Waals surface area contributed by atoms with Crippen molar-refractivity contribution in [1.29, 1.82) is 5.26 Å². The van der Waals surface area contributed by atoms with E-state index in [4.69, 9.17) is 5.26 Å². The Labute approximate surface area is 75.2 Å². The first-order chi connectivity index (χ1) is 5.86. The molecule has 0 amide bonds. The van der Waals surface area contributed by atoms with E-state index in [-0.39, 0.29) is 5.92 Å². The molecule has 12 heavy (non-hydrogen) atoms. The zero-order valence-electron chi connectivity index (χ0n) is 7.92. The number of hydrogen-bond donors (Lipinski definition) is 0. The van der Waals surface area contributed by atoms with Gasteiger partial charge < -0.3 is 4.90 Å². The van der Waals surface area contributed by atoms with Crippen molar-refractivity contribution in [3.8, 4) is 6.07 Å². The average molecular weight is 166 g/mol. The van der Waals surface area contributed by atoms with Crippen LogP contribution in [0.1, 0.15) is 32.6 Å². The summed E-state index contributed by atoms with van der Waals surface area (Å²) in [7, 11) is 0. The Hall–Kier alpha value is -0.550. The fourth-order valence-electron chi connectivity index (χ4n) is 1.71. The standard InChI is InChI=1S/C10H18N2/c1-2-10(8-11)9-12-6-4-3-5-7-12/h10H,2-7,9H2,1H3. The summed E-state index contributed by atoms with van der Waals surface area (Å²) in [6, 6.07) is 2.36. The Bertz CT molecular complexity index is 154. The van der Waals surface area contributed by atoms with Crippen molar-refractivity contribution in [3.63, 3.8) is 0 Å². The molecule has 2 heteroatoms. The number of nitrogens with zero attached hydrogens (tertiary/aromatic N) is 2. The van der Waals surface area contributed by atoms with Crippen molar-refractivity contribution in [1.82, 2.24) is 4.90 Å². The van der Waals surface area contributed by atoms with Gasteiger partial charge in [-0.25, -0.2) is 0 Å². The van der Waals surface area contributed by atoms with Gasteiger partial charge in [0.2, 0.25) is 0 Å². The molecule has 0 aromatic rings. The van der Waals surface area contributed by atoms with Gasteiger partial charge in [-0.2, -0.15) is 5.26 Å². The van der Waals surface area contributed by atoms with Crippen LogP contribution in [0, 0.1) is 17.2 Å². The lowest BCUT2D eigenvalue weighted by atomic mass is 10.1. The first-order valence-electron chi connectivity index (χ1n) is 4.98. The predicted octanol–water partition coefficient (Wildman–Crippen LogP) is 2.02. The molecule has 0 bridgehead atoms. The summed E-state index contributed by atoms with van der Waals surface area (Å²) in [6.07, 6.45) is 5.01. The first kappa shape index (κ1) is 9.54. The highest BCUT2D eigenvalue weighted by molar-refractivity contribution is 4.84. The van der Waals surface area contributed by atoms with Crippen molar-refractivity contribution >= 4 is 0 Å². The van der Waals surface area contributed by atoms with Gasteiger partial charge in [-0.1, -0.05) is 13.3 Å². The van der Waals surface area contributed by atoms with E-state index >= 15 is 0 Å². The molecular formula is C10H18N2. The van der Waals surface area contributed by atoms with Gasteiger partial charge in [-0.05, 0) is 32.4 Å². The lowest BCUT2D eigenvalue weighted by Gasteiger charge is -2.27. The maximum Gasteiger partial charge on any atom is 0.0669 e. The van der Waals surface area contributed by atoms with Gasteiger partial charge in [0.05, 0.1) is 12.0 Å². The van der Waals surface area contributed by atoms with Gasteiger partial charge in [-0.15, -0.1) is 0 Å². The molecule has 0 aromatic heterocycles. The third-order valence-corrected chi connectivity index (χ3v) is 2.60. The molecule has 2 nitrogen and oxygen atoms in total.